The molecular formula is C46H80O13P2. The summed E-state index contributed by atoms with van der Waals surface area (Å²) in [6.45, 7) is 1.64. The third-order valence-corrected chi connectivity index (χ3v) is 10.5. The van der Waals surface area contributed by atoms with E-state index in [0.29, 0.717) is 19.3 Å². The molecule has 0 aromatic rings. The number of phosphoric ester groups is 2. The van der Waals surface area contributed by atoms with Crippen molar-refractivity contribution in [2.24, 2.45) is 0 Å². The second-order valence-electron chi connectivity index (χ2n) is 15.0. The highest BCUT2D eigenvalue weighted by molar-refractivity contribution is 7.47. The SMILES string of the molecule is CCCCC/C=C\C/C=C\C/C=C\C/C=C\CCCC(=O)OC[C@H](COP(=O)(O)OC[C@@H](O)COP(=O)(O)O)OC(=O)CCCCCCCCC/C=C\C/C=C\CCCCC. The standard InChI is InChI=1S/C46H80O13P2/c1-3-5-7-9-11-13-15-17-19-21-23-25-27-29-31-33-35-37-45(48)55-41-44(42-58-61(53,54)57-40-43(47)39-56-60(50,51)52)59-46(49)38-36-34-32-30-28-26-24-22-20-18-16-14-12-10-8-6-4-2/h11-14,17-20,23,25,29,31,43-44,47H,3-10,15-16,21-22,24,26-28,30,32-42H2,1-2H3,(H,53,54)(H2,50,51,52)/b13-11-,14-12-,19-17-,20-18-,25-23-,31-29-/t43-,44+/m0/s1. The molecule has 61 heavy (non-hydrogen) atoms. The van der Waals surface area contributed by atoms with Gasteiger partial charge in [-0.2, -0.15) is 0 Å². The molecule has 0 aromatic carbocycles. The number of allylic oxidation sites excluding steroid dienone is 12. The van der Waals surface area contributed by atoms with Crippen molar-refractivity contribution in [2.45, 2.75) is 180 Å². The van der Waals surface area contributed by atoms with Crippen molar-refractivity contribution in [2.75, 3.05) is 26.4 Å². The predicted molar refractivity (Wildman–Crippen MR) is 244 cm³/mol. The van der Waals surface area contributed by atoms with E-state index in [9.17, 15) is 28.7 Å². The maximum atomic E-state index is 12.7. The summed E-state index contributed by atoms with van der Waals surface area (Å²) in [4.78, 5) is 52.7. The van der Waals surface area contributed by atoms with Crippen molar-refractivity contribution in [3.8, 4) is 0 Å². The fraction of sp³-hybridized carbons (Fsp3) is 0.696. The zero-order valence-electron chi connectivity index (χ0n) is 37.2. The van der Waals surface area contributed by atoms with Gasteiger partial charge in [0.25, 0.3) is 0 Å². The lowest BCUT2D eigenvalue weighted by Gasteiger charge is -2.20. The first-order valence-corrected chi connectivity index (χ1v) is 25.7. The molecule has 0 amide bonds. The average Bonchev–Trinajstić information content (AvgIpc) is 3.22. The van der Waals surface area contributed by atoms with Gasteiger partial charge >= 0.3 is 27.6 Å². The molecule has 1 unspecified atom stereocenters. The summed E-state index contributed by atoms with van der Waals surface area (Å²) in [7, 11) is -9.70. The van der Waals surface area contributed by atoms with E-state index in [4.69, 9.17) is 23.8 Å². The lowest BCUT2D eigenvalue weighted by Crippen LogP contribution is -2.30. The summed E-state index contributed by atoms with van der Waals surface area (Å²) in [5, 5.41) is 9.75. The summed E-state index contributed by atoms with van der Waals surface area (Å²) in [5.41, 5.74) is 0. The summed E-state index contributed by atoms with van der Waals surface area (Å²) in [6, 6.07) is 0. The molecule has 3 atom stereocenters. The third kappa shape index (κ3) is 45.4. The number of hydrogen-bond donors (Lipinski definition) is 4. The van der Waals surface area contributed by atoms with E-state index in [1.807, 2.05) is 12.2 Å². The molecule has 0 fully saturated rings. The summed E-state index contributed by atoms with van der Waals surface area (Å²) in [5.74, 6) is -1.11. The summed E-state index contributed by atoms with van der Waals surface area (Å²) >= 11 is 0. The highest BCUT2D eigenvalue weighted by Gasteiger charge is 2.28. The van der Waals surface area contributed by atoms with Gasteiger partial charge in [0, 0.05) is 12.8 Å². The lowest BCUT2D eigenvalue weighted by atomic mass is 10.1. The molecule has 13 nitrogen and oxygen atoms in total. The summed E-state index contributed by atoms with van der Waals surface area (Å²) < 4.78 is 47.8. The second-order valence-corrected chi connectivity index (χ2v) is 17.7. The average molecular weight is 903 g/mol. The zero-order valence-corrected chi connectivity index (χ0v) is 39.0. The molecule has 0 saturated carbocycles. The Hall–Kier alpha value is -2.44. The summed E-state index contributed by atoms with van der Waals surface area (Å²) in [6.07, 6.45) is 46.1. The molecule has 4 N–H and O–H groups in total. The van der Waals surface area contributed by atoms with Gasteiger partial charge in [-0.1, -0.05) is 145 Å². The van der Waals surface area contributed by atoms with Gasteiger partial charge in [-0.05, 0) is 83.5 Å². The quantitative estimate of drug-likeness (QED) is 0.0196. The van der Waals surface area contributed by atoms with Crippen LogP contribution in [-0.4, -0.2) is 70.4 Å². The largest absolute Gasteiger partial charge is 0.472 e. The Bertz CT molecular complexity index is 1350. The number of aliphatic hydroxyl groups excluding tert-OH is 1. The monoisotopic (exact) mass is 903 g/mol. The molecule has 0 aromatic heterocycles. The maximum absolute atomic E-state index is 12.7. The van der Waals surface area contributed by atoms with E-state index in [2.05, 4.69) is 83.7 Å². The molecule has 0 aliphatic rings. The Morgan fingerprint density at radius 3 is 1.36 bits per heavy atom. The molecule has 0 heterocycles. The van der Waals surface area contributed by atoms with Crippen LogP contribution in [0.5, 0.6) is 0 Å². The Morgan fingerprint density at radius 1 is 0.475 bits per heavy atom. The van der Waals surface area contributed by atoms with Crippen molar-refractivity contribution < 1.29 is 61.6 Å². The third-order valence-electron chi connectivity index (χ3n) is 9.06. The van der Waals surface area contributed by atoms with Crippen LogP contribution in [0.25, 0.3) is 0 Å². The Labute approximate surface area is 367 Å². The van der Waals surface area contributed by atoms with Crippen LogP contribution in [0.4, 0.5) is 0 Å². The number of aliphatic hydroxyl groups is 1. The molecule has 0 spiro atoms. The molecule has 0 rings (SSSR count). The van der Waals surface area contributed by atoms with E-state index in [0.717, 1.165) is 83.5 Å². The number of hydrogen-bond acceptors (Lipinski definition) is 10. The van der Waals surface area contributed by atoms with Crippen LogP contribution in [-0.2, 0) is 41.8 Å². The number of phosphoric acid groups is 2. The van der Waals surface area contributed by atoms with Crippen molar-refractivity contribution in [1.82, 2.24) is 0 Å². The minimum absolute atomic E-state index is 0.108. The minimum atomic E-state index is -4.87. The number of carbonyl (C=O) groups excluding carboxylic acids is 2. The normalized spacial score (nSPS) is 14.7. The van der Waals surface area contributed by atoms with Gasteiger partial charge in [0.15, 0.2) is 6.10 Å². The maximum Gasteiger partial charge on any atom is 0.472 e. The molecular weight excluding hydrogens is 822 g/mol. The van der Waals surface area contributed by atoms with Crippen LogP contribution in [0.15, 0.2) is 72.9 Å². The molecule has 0 aliphatic heterocycles. The van der Waals surface area contributed by atoms with E-state index in [1.165, 1.54) is 38.5 Å². The Morgan fingerprint density at radius 2 is 0.869 bits per heavy atom. The van der Waals surface area contributed by atoms with Gasteiger partial charge in [0.2, 0.25) is 0 Å². The first kappa shape index (κ1) is 58.6. The van der Waals surface area contributed by atoms with Gasteiger partial charge in [-0.3, -0.25) is 23.2 Å². The molecule has 352 valence electrons. The van der Waals surface area contributed by atoms with E-state index in [-0.39, 0.29) is 12.8 Å². The van der Waals surface area contributed by atoms with Gasteiger partial charge in [0.1, 0.15) is 12.7 Å². The van der Waals surface area contributed by atoms with Crippen molar-refractivity contribution in [3.05, 3.63) is 72.9 Å². The molecule has 0 bridgehead atoms. The van der Waals surface area contributed by atoms with E-state index >= 15 is 0 Å². The fourth-order valence-corrected chi connectivity index (χ4v) is 6.76. The van der Waals surface area contributed by atoms with Crippen LogP contribution < -0.4 is 0 Å². The number of unbranched alkanes of at least 4 members (excludes halogenated alkanes) is 14. The van der Waals surface area contributed by atoms with Crippen LogP contribution in [0.1, 0.15) is 168 Å². The van der Waals surface area contributed by atoms with Crippen molar-refractivity contribution in [3.63, 3.8) is 0 Å². The van der Waals surface area contributed by atoms with Crippen LogP contribution in [0.2, 0.25) is 0 Å². The lowest BCUT2D eigenvalue weighted by molar-refractivity contribution is -0.161. The number of esters is 2. The number of rotatable bonds is 42. The molecule has 0 radical (unpaired) electrons. The van der Waals surface area contributed by atoms with Crippen molar-refractivity contribution in [1.29, 1.82) is 0 Å². The second kappa shape index (κ2) is 41.6. The smallest absolute Gasteiger partial charge is 0.462 e. The molecule has 0 aliphatic carbocycles. The number of carbonyl (C=O) groups is 2. The predicted octanol–water partition coefficient (Wildman–Crippen LogP) is 11.8. The van der Waals surface area contributed by atoms with Crippen LogP contribution >= 0.6 is 15.6 Å². The topological polar surface area (TPSA) is 195 Å². The highest BCUT2D eigenvalue weighted by atomic mass is 31.2. The van der Waals surface area contributed by atoms with E-state index in [1.54, 1.807) is 0 Å². The zero-order chi connectivity index (χ0) is 45.1. The fourth-order valence-electron chi connectivity index (χ4n) is 5.60. The highest BCUT2D eigenvalue weighted by Crippen LogP contribution is 2.43. The molecule has 15 heteroatoms. The van der Waals surface area contributed by atoms with Gasteiger partial charge in [0.05, 0.1) is 19.8 Å². The van der Waals surface area contributed by atoms with Crippen LogP contribution in [0, 0.1) is 0 Å². The first-order chi connectivity index (χ1) is 29.4. The Kier molecular flexibility index (Phi) is 39.9. The van der Waals surface area contributed by atoms with Gasteiger partial charge < -0.3 is 29.3 Å². The first-order valence-electron chi connectivity index (χ1n) is 22.6. The van der Waals surface area contributed by atoms with E-state index < -0.39 is 66.2 Å². The Balaban J connectivity index is 4.61. The van der Waals surface area contributed by atoms with Crippen LogP contribution in [0.3, 0.4) is 0 Å². The number of ether oxygens (including phenoxy) is 2. The van der Waals surface area contributed by atoms with Crippen molar-refractivity contribution >= 4 is 27.6 Å². The molecule has 0 saturated heterocycles. The van der Waals surface area contributed by atoms with Gasteiger partial charge in [-0.15, -0.1) is 0 Å². The minimum Gasteiger partial charge on any atom is -0.462 e. The van der Waals surface area contributed by atoms with Gasteiger partial charge in [-0.25, -0.2) is 9.13 Å².